The fourth-order valence-electron chi connectivity index (χ4n) is 2.89. The fraction of sp³-hybridized carbons (Fsp3) is 0.0870. The molecule has 0 aromatic heterocycles. The van der Waals surface area contributed by atoms with Crippen LogP contribution in [0.4, 0.5) is 11.4 Å². The molecule has 0 aliphatic heterocycles. The Morgan fingerprint density at radius 1 is 0.938 bits per heavy atom. The summed E-state index contributed by atoms with van der Waals surface area (Å²) < 4.78 is 0. The van der Waals surface area contributed by atoms with Gasteiger partial charge in [0.2, 0.25) is 0 Å². The number of aryl methyl sites for hydroxylation is 1. The van der Waals surface area contributed by atoms with Crippen molar-refractivity contribution in [1.29, 1.82) is 0 Å². The lowest BCUT2D eigenvalue weighted by Gasteiger charge is -2.08. The molecule has 2 amide bonds. The number of nitro groups is 1. The number of carbonyl (C=O) groups excluding carboxylic acids is 2. The van der Waals surface area contributed by atoms with Gasteiger partial charge in [0.15, 0.2) is 0 Å². The number of amides is 2. The summed E-state index contributed by atoms with van der Waals surface area (Å²) >= 11 is 5.85. The van der Waals surface area contributed by atoms with Crippen molar-refractivity contribution in [2.45, 2.75) is 13.8 Å². The maximum atomic E-state index is 12.4. The minimum Gasteiger partial charge on any atom is -0.322 e. The Hall–Kier alpha value is -4.04. The second kappa shape index (κ2) is 9.84. The number of hydrogen-bond donors (Lipinski definition) is 2. The SMILES string of the molecule is C/C(=N/NC(=O)c1ccc([N+](=O)[O-])c(C)c1)c1cccc(NC(=O)c2ccc(Cl)cc2)c1. The summed E-state index contributed by atoms with van der Waals surface area (Å²) in [6, 6.07) is 17.6. The van der Waals surface area contributed by atoms with E-state index in [0.29, 0.717) is 33.1 Å². The minimum atomic E-state index is -0.502. The van der Waals surface area contributed by atoms with Gasteiger partial charge in [-0.25, -0.2) is 5.43 Å². The molecule has 0 unspecified atom stereocenters. The van der Waals surface area contributed by atoms with Crippen LogP contribution in [0.25, 0.3) is 0 Å². The van der Waals surface area contributed by atoms with Gasteiger partial charge < -0.3 is 5.32 Å². The predicted molar refractivity (Wildman–Crippen MR) is 123 cm³/mol. The first-order valence-corrected chi connectivity index (χ1v) is 9.89. The Morgan fingerprint density at radius 3 is 2.28 bits per heavy atom. The molecule has 32 heavy (non-hydrogen) atoms. The highest BCUT2D eigenvalue weighted by Crippen LogP contribution is 2.19. The van der Waals surface area contributed by atoms with E-state index < -0.39 is 10.8 Å². The molecular formula is C23H19ClN4O4. The summed E-state index contributed by atoms with van der Waals surface area (Å²) in [5.74, 6) is -0.773. The number of carbonyl (C=O) groups is 2. The van der Waals surface area contributed by atoms with E-state index >= 15 is 0 Å². The molecule has 3 aromatic carbocycles. The zero-order valence-electron chi connectivity index (χ0n) is 17.3. The van der Waals surface area contributed by atoms with Crippen LogP contribution in [0, 0.1) is 17.0 Å². The minimum absolute atomic E-state index is 0.0568. The van der Waals surface area contributed by atoms with Gasteiger partial charge >= 0.3 is 0 Å². The van der Waals surface area contributed by atoms with Gasteiger partial charge in [-0.3, -0.25) is 19.7 Å². The van der Waals surface area contributed by atoms with Gasteiger partial charge in [-0.2, -0.15) is 5.10 Å². The first-order chi connectivity index (χ1) is 15.2. The summed E-state index contributed by atoms with van der Waals surface area (Å²) in [5.41, 5.74) is 5.27. The lowest BCUT2D eigenvalue weighted by Crippen LogP contribution is -2.19. The Bertz CT molecular complexity index is 1220. The van der Waals surface area contributed by atoms with Crippen LogP contribution in [0.2, 0.25) is 5.02 Å². The van der Waals surface area contributed by atoms with Crippen LogP contribution in [0.5, 0.6) is 0 Å². The van der Waals surface area contributed by atoms with E-state index in [0.717, 1.165) is 0 Å². The van der Waals surface area contributed by atoms with E-state index in [2.05, 4.69) is 15.8 Å². The number of anilines is 1. The number of hydrazone groups is 1. The third-order valence-corrected chi connectivity index (χ3v) is 4.88. The zero-order valence-corrected chi connectivity index (χ0v) is 18.0. The lowest BCUT2D eigenvalue weighted by atomic mass is 10.1. The van der Waals surface area contributed by atoms with Crippen LogP contribution >= 0.6 is 11.6 Å². The lowest BCUT2D eigenvalue weighted by molar-refractivity contribution is -0.385. The monoisotopic (exact) mass is 450 g/mol. The van der Waals surface area contributed by atoms with Crippen molar-refractivity contribution in [2.75, 3.05) is 5.32 Å². The molecule has 0 heterocycles. The van der Waals surface area contributed by atoms with Crippen LogP contribution < -0.4 is 10.7 Å². The highest BCUT2D eigenvalue weighted by molar-refractivity contribution is 6.30. The van der Waals surface area contributed by atoms with E-state index in [4.69, 9.17) is 11.6 Å². The van der Waals surface area contributed by atoms with Crippen molar-refractivity contribution in [3.63, 3.8) is 0 Å². The molecular weight excluding hydrogens is 432 g/mol. The van der Waals surface area contributed by atoms with Crippen LogP contribution in [0.3, 0.4) is 0 Å². The normalized spacial score (nSPS) is 11.0. The van der Waals surface area contributed by atoms with E-state index in [-0.39, 0.29) is 17.2 Å². The summed E-state index contributed by atoms with van der Waals surface area (Å²) in [7, 11) is 0. The maximum absolute atomic E-state index is 12.4. The van der Waals surface area contributed by atoms with Crippen molar-refractivity contribution >= 4 is 40.5 Å². The van der Waals surface area contributed by atoms with E-state index in [9.17, 15) is 19.7 Å². The average molecular weight is 451 g/mol. The van der Waals surface area contributed by atoms with Gasteiger partial charge in [-0.05, 0) is 67.9 Å². The molecule has 9 heteroatoms. The third-order valence-electron chi connectivity index (χ3n) is 4.63. The third kappa shape index (κ3) is 5.55. The van der Waals surface area contributed by atoms with Crippen molar-refractivity contribution in [1.82, 2.24) is 5.43 Å². The van der Waals surface area contributed by atoms with E-state index in [1.165, 1.54) is 18.2 Å². The molecule has 0 aliphatic carbocycles. The summed E-state index contributed by atoms with van der Waals surface area (Å²) in [6.45, 7) is 3.27. The van der Waals surface area contributed by atoms with Crippen molar-refractivity contribution < 1.29 is 14.5 Å². The quantitative estimate of drug-likeness (QED) is 0.313. The summed E-state index contributed by atoms with van der Waals surface area (Å²) in [5, 5.41) is 18.4. The fourth-order valence-corrected chi connectivity index (χ4v) is 3.02. The Morgan fingerprint density at radius 2 is 1.62 bits per heavy atom. The van der Waals surface area contributed by atoms with Crippen molar-refractivity contribution in [2.24, 2.45) is 5.10 Å². The summed E-state index contributed by atoms with van der Waals surface area (Å²) in [6.07, 6.45) is 0. The standard InChI is InChI=1S/C23H19ClN4O4/c1-14-12-18(8-11-21(14)28(31)32)23(30)27-26-15(2)17-4-3-5-20(13-17)25-22(29)16-6-9-19(24)10-7-16/h3-13H,1-2H3,(H,25,29)(H,27,30)/b26-15-. The molecule has 162 valence electrons. The molecule has 8 nitrogen and oxygen atoms in total. The first-order valence-electron chi connectivity index (χ1n) is 9.51. The average Bonchev–Trinajstić information content (AvgIpc) is 2.77. The first kappa shape index (κ1) is 22.6. The second-order valence-electron chi connectivity index (χ2n) is 6.94. The molecule has 0 fully saturated rings. The number of hydrogen-bond acceptors (Lipinski definition) is 5. The van der Waals surface area contributed by atoms with Gasteiger partial charge in [0.05, 0.1) is 10.6 Å². The molecule has 0 atom stereocenters. The molecule has 0 saturated heterocycles. The Labute approximate surface area is 189 Å². The largest absolute Gasteiger partial charge is 0.322 e. The number of nitrogens with one attached hydrogen (secondary N) is 2. The van der Waals surface area contributed by atoms with Crippen LogP contribution in [0.1, 0.15) is 38.8 Å². The van der Waals surface area contributed by atoms with Crippen LogP contribution in [0.15, 0.2) is 71.8 Å². The topological polar surface area (TPSA) is 114 Å². The molecule has 0 spiro atoms. The van der Waals surface area contributed by atoms with Gasteiger partial charge in [-0.1, -0.05) is 23.7 Å². The number of nitro benzene ring substituents is 1. The maximum Gasteiger partial charge on any atom is 0.272 e. The van der Waals surface area contributed by atoms with Gasteiger partial charge in [0.1, 0.15) is 0 Å². The van der Waals surface area contributed by atoms with Gasteiger partial charge in [-0.15, -0.1) is 0 Å². The van der Waals surface area contributed by atoms with Crippen molar-refractivity contribution in [3.05, 3.63) is 104 Å². The van der Waals surface area contributed by atoms with E-state index in [1.807, 2.05) is 0 Å². The van der Waals surface area contributed by atoms with Gasteiger partial charge in [0.25, 0.3) is 17.5 Å². The molecule has 0 bridgehead atoms. The highest BCUT2D eigenvalue weighted by Gasteiger charge is 2.14. The zero-order chi connectivity index (χ0) is 23.3. The number of halogens is 1. The molecule has 3 rings (SSSR count). The van der Waals surface area contributed by atoms with Gasteiger partial charge in [0, 0.05) is 33.5 Å². The molecule has 3 aromatic rings. The molecule has 0 saturated carbocycles. The smallest absolute Gasteiger partial charge is 0.272 e. The number of nitrogens with zero attached hydrogens (tertiary/aromatic N) is 2. The van der Waals surface area contributed by atoms with E-state index in [1.54, 1.807) is 62.4 Å². The second-order valence-corrected chi connectivity index (χ2v) is 7.37. The highest BCUT2D eigenvalue weighted by atomic mass is 35.5. The molecule has 2 N–H and O–H groups in total. The predicted octanol–water partition coefficient (Wildman–Crippen LogP) is 4.96. The summed E-state index contributed by atoms with van der Waals surface area (Å²) in [4.78, 5) is 35.2. The van der Waals surface area contributed by atoms with Crippen LogP contribution in [-0.2, 0) is 0 Å². The number of benzene rings is 3. The Kier molecular flexibility index (Phi) is 6.97. The molecule has 0 radical (unpaired) electrons. The Balaban J connectivity index is 1.69. The van der Waals surface area contributed by atoms with Crippen LogP contribution in [-0.4, -0.2) is 22.4 Å². The molecule has 0 aliphatic rings. The van der Waals surface area contributed by atoms with Crippen molar-refractivity contribution in [3.8, 4) is 0 Å². The number of rotatable bonds is 6.